The summed E-state index contributed by atoms with van der Waals surface area (Å²) < 4.78 is 2.19. The van der Waals surface area contributed by atoms with Crippen molar-refractivity contribution < 1.29 is 4.79 Å². The van der Waals surface area contributed by atoms with Gasteiger partial charge in [0.2, 0.25) is 0 Å². The predicted octanol–water partition coefficient (Wildman–Crippen LogP) is 1.95. The van der Waals surface area contributed by atoms with Gasteiger partial charge in [-0.2, -0.15) is 0 Å². The molecular formula is C20H20N4O3. The van der Waals surface area contributed by atoms with E-state index < -0.39 is 17.2 Å². The molecule has 0 saturated heterocycles. The minimum atomic E-state index is -0.651. The summed E-state index contributed by atoms with van der Waals surface area (Å²) >= 11 is 0. The maximum absolute atomic E-state index is 12.8. The van der Waals surface area contributed by atoms with Crippen LogP contribution in [0.5, 0.6) is 0 Å². The van der Waals surface area contributed by atoms with Crippen LogP contribution < -0.4 is 21.9 Å². The number of benzene rings is 2. The third-order valence-corrected chi connectivity index (χ3v) is 4.23. The van der Waals surface area contributed by atoms with Gasteiger partial charge in [-0.1, -0.05) is 48.5 Å². The molecular weight excluding hydrogens is 344 g/mol. The molecule has 0 radical (unpaired) electrons. The lowest BCUT2D eigenvalue weighted by molar-refractivity contribution is 0.102. The molecule has 27 heavy (non-hydrogen) atoms. The van der Waals surface area contributed by atoms with Crippen LogP contribution in [0.15, 0.2) is 70.3 Å². The van der Waals surface area contributed by atoms with Gasteiger partial charge in [0.15, 0.2) is 0 Å². The van der Waals surface area contributed by atoms with Gasteiger partial charge in [-0.25, -0.2) is 4.79 Å². The highest BCUT2D eigenvalue weighted by atomic mass is 16.2. The number of rotatable bonds is 5. The Morgan fingerprint density at radius 1 is 0.889 bits per heavy atom. The molecule has 0 spiro atoms. The van der Waals surface area contributed by atoms with Crippen molar-refractivity contribution in [3.63, 3.8) is 0 Å². The van der Waals surface area contributed by atoms with E-state index in [-0.39, 0.29) is 11.4 Å². The normalized spacial score (nSPS) is 10.4. The molecule has 0 bridgehead atoms. The first-order chi connectivity index (χ1) is 13.0. The lowest BCUT2D eigenvalue weighted by Gasteiger charge is -2.16. The second-order valence-corrected chi connectivity index (χ2v) is 6.09. The number of para-hydroxylation sites is 1. The third kappa shape index (κ3) is 3.82. The summed E-state index contributed by atoms with van der Waals surface area (Å²) in [5.74, 6) is -0.395. The van der Waals surface area contributed by atoms with Crippen LogP contribution >= 0.6 is 0 Å². The maximum atomic E-state index is 12.8. The van der Waals surface area contributed by atoms with Crippen molar-refractivity contribution in [2.45, 2.75) is 6.54 Å². The molecule has 1 aromatic heterocycles. The van der Waals surface area contributed by atoms with Gasteiger partial charge in [0.25, 0.3) is 11.5 Å². The van der Waals surface area contributed by atoms with Crippen LogP contribution in [0.25, 0.3) is 0 Å². The number of hydrogen-bond acceptors (Lipinski definition) is 4. The van der Waals surface area contributed by atoms with Gasteiger partial charge in [0, 0.05) is 26.3 Å². The summed E-state index contributed by atoms with van der Waals surface area (Å²) in [7, 11) is 2.87. The van der Waals surface area contributed by atoms with Crippen LogP contribution in [-0.4, -0.2) is 15.0 Å². The SMILES string of the molecule is Cn1c(NCc2ccccc2)c(C(=O)Nc2ccccc2)c(=O)n(C)c1=O. The van der Waals surface area contributed by atoms with Crippen molar-refractivity contribution >= 4 is 17.4 Å². The van der Waals surface area contributed by atoms with Crippen LogP contribution in [0.4, 0.5) is 11.5 Å². The van der Waals surface area contributed by atoms with E-state index in [2.05, 4.69) is 10.6 Å². The van der Waals surface area contributed by atoms with E-state index in [1.165, 1.54) is 18.7 Å². The monoisotopic (exact) mass is 364 g/mol. The maximum Gasteiger partial charge on any atom is 0.332 e. The second kappa shape index (κ2) is 7.74. The van der Waals surface area contributed by atoms with Gasteiger partial charge in [0.1, 0.15) is 11.4 Å². The average Bonchev–Trinajstić information content (AvgIpc) is 2.69. The zero-order chi connectivity index (χ0) is 19.4. The first-order valence-corrected chi connectivity index (χ1v) is 8.43. The van der Waals surface area contributed by atoms with E-state index >= 15 is 0 Å². The molecule has 1 heterocycles. The smallest absolute Gasteiger partial charge is 0.332 e. The Bertz CT molecular complexity index is 1070. The highest BCUT2D eigenvalue weighted by Crippen LogP contribution is 2.14. The summed E-state index contributed by atoms with van der Waals surface area (Å²) in [6, 6.07) is 18.3. The third-order valence-electron chi connectivity index (χ3n) is 4.23. The van der Waals surface area contributed by atoms with E-state index in [4.69, 9.17) is 0 Å². The number of nitrogens with one attached hydrogen (secondary N) is 2. The fourth-order valence-corrected chi connectivity index (χ4v) is 2.75. The van der Waals surface area contributed by atoms with E-state index in [0.717, 1.165) is 10.1 Å². The largest absolute Gasteiger partial charge is 0.366 e. The van der Waals surface area contributed by atoms with Gasteiger partial charge in [-0.05, 0) is 17.7 Å². The standard InChI is InChI=1S/C20H20N4O3/c1-23-17(21-13-14-9-5-3-6-10-14)16(19(26)24(2)20(23)27)18(25)22-15-11-7-4-8-12-15/h3-12,21H,13H2,1-2H3,(H,22,25). The molecule has 0 atom stereocenters. The van der Waals surface area contributed by atoms with E-state index in [9.17, 15) is 14.4 Å². The Kier molecular flexibility index (Phi) is 5.21. The van der Waals surface area contributed by atoms with Crippen LogP contribution in [-0.2, 0) is 20.6 Å². The molecule has 0 unspecified atom stereocenters. The van der Waals surface area contributed by atoms with Gasteiger partial charge in [-0.15, -0.1) is 0 Å². The van der Waals surface area contributed by atoms with E-state index in [1.807, 2.05) is 36.4 Å². The van der Waals surface area contributed by atoms with Crippen molar-refractivity contribution in [2.24, 2.45) is 14.1 Å². The Balaban J connectivity index is 2.01. The first kappa shape index (κ1) is 18.2. The van der Waals surface area contributed by atoms with Crippen LogP contribution in [0.2, 0.25) is 0 Å². The molecule has 0 aliphatic rings. The van der Waals surface area contributed by atoms with Crippen LogP contribution in [0.1, 0.15) is 15.9 Å². The van der Waals surface area contributed by atoms with Gasteiger partial charge >= 0.3 is 5.69 Å². The molecule has 3 rings (SSSR count). The minimum absolute atomic E-state index is 0.112. The fraction of sp³-hybridized carbons (Fsp3) is 0.150. The zero-order valence-electron chi connectivity index (χ0n) is 15.1. The summed E-state index contributed by atoms with van der Waals surface area (Å²) in [5.41, 5.74) is 0.251. The summed E-state index contributed by atoms with van der Waals surface area (Å²) in [4.78, 5) is 37.8. The second-order valence-electron chi connectivity index (χ2n) is 6.09. The molecule has 7 nitrogen and oxygen atoms in total. The van der Waals surface area contributed by atoms with E-state index in [1.54, 1.807) is 24.3 Å². The number of nitrogens with zero attached hydrogens (tertiary/aromatic N) is 2. The highest BCUT2D eigenvalue weighted by Gasteiger charge is 2.22. The van der Waals surface area contributed by atoms with Gasteiger partial charge in [0.05, 0.1) is 0 Å². The van der Waals surface area contributed by atoms with Crippen LogP contribution in [0.3, 0.4) is 0 Å². The molecule has 0 aliphatic carbocycles. The fourth-order valence-electron chi connectivity index (χ4n) is 2.75. The summed E-state index contributed by atoms with van der Waals surface area (Å²) in [5, 5.41) is 5.77. The summed E-state index contributed by atoms with van der Waals surface area (Å²) in [6.07, 6.45) is 0. The van der Waals surface area contributed by atoms with Crippen molar-refractivity contribution in [3.8, 4) is 0 Å². The lowest BCUT2D eigenvalue weighted by Crippen LogP contribution is -2.42. The molecule has 0 saturated carbocycles. The number of anilines is 2. The van der Waals surface area contributed by atoms with Crippen molar-refractivity contribution in [3.05, 3.63) is 92.6 Å². The Hall–Kier alpha value is -3.61. The van der Waals surface area contributed by atoms with E-state index in [0.29, 0.717) is 12.2 Å². The highest BCUT2D eigenvalue weighted by molar-refractivity contribution is 6.07. The van der Waals surface area contributed by atoms with Gasteiger partial charge < -0.3 is 10.6 Å². The Morgan fingerprint density at radius 3 is 2.11 bits per heavy atom. The van der Waals surface area contributed by atoms with Crippen LogP contribution in [0, 0.1) is 0 Å². The van der Waals surface area contributed by atoms with Crippen molar-refractivity contribution in [2.75, 3.05) is 10.6 Å². The number of hydrogen-bond donors (Lipinski definition) is 2. The topological polar surface area (TPSA) is 85.1 Å². The number of aromatic nitrogens is 2. The average molecular weight is 364 g/mol. The van der Waals surface area contributed by atoms with Crippen molar-refractivity contribution in [1.29, 1.82) is 0 Å². The lowest BCUT2D eigenvalue weighted by atomic mass is 10.2. The quantitative estimate of drug-likeness (QED) is 0.725. The molecule has 138 valence electrons. The number of amides is 1. The first-order valence-electron chi connectivity index (χ1n) is 8.43. The molecule has 0 aliphatic heterocycles. The minimum Gasteiger partial charge on any atom is -0.366 e. The number of carbonyl (C=O) groups excluding carboxylic acids is 1. The molecule has 2 aromatic carbocycles. The molecule has 2 N–H and O–H groups in total. The predicted molar refractivity (Wildman–Crippen MR) is 105 cm³/mol. The Labute approximate surface area is 155 Å². The number of carbonyl (C=O) groups is 1. The zero-order valence-corrected chi connectivity index (χ0v) is 15.1. The molecule has 1 amide bonds. The molecule has 0 fully saturated rings. The molecule has 3 aromatic rings. The van der Waals surface area contributed by atoms with Gasteiger partial charge in [-0.3, -0.25) is 18.7 Å². The van der Waals surface area contributed by atoms with Crippen molar-refractivity contribution in [1.82, 2.24) is 9.13 Å². The Morgan fingerprint density at radius 2 is 1.48 bits per heavy atom. The summed E-state index contributed by atoms with van der Waals surface area (Å²) in [6.45, 7) is 0.368. The molecule has 7 heteroatoms.